The molecule has 1 aliphatic carbocycles. The fourth-order valence-corrected chi connectivity index (χ4v) is 4.50. The Morgan fingerprint density at radius 3 is 2.34 bits per heavy atom. The molecule has 0 bridgehead atoms. The molecule has 0 saturated carbocycles. The topological polar surface area (TPSA) is 23.4 Å². The highest BCUT2D eigenvalue weighted by atomic mass is 16.7. The average Bonchev–Trinajstić information content (AvgIpc) is 3.12. The number of nitrogens with zero attached hydrogens (tertiary/aromatic N) is 1. The minimum atomic E-state index is -0.305. The maximum Gasteiger partial charge on any atom is 0.465 e. The van der Waals surface area contributed by atoms with E-state index in [0.717, 1.165) is 6.42 Å². The zero-order valence-electron chi connectivity index (χ0n) is 17.9. The first-order valence-electron chi connectivity index (χ1n) is 10.5. The van der Waals surface area contributed by atoms with Crippen molar-refractivity contribution >= 4 is 24.1 Å². The lowest BCUT2D eigenvalue weighted by Crippen LogP contribution is -2.41. The first kappa shape index (κ1) is 18.7. The number of para-hydroxylation sites is 1. The largest absolute Gasteiger partial charge is 0.465 e. The van der Waals surface area contributed by atoms with Gasteiger partial charge in [-0.3, -0.25) is 0 Å². The van der Waals surface area contributed by atoms with Crippen LogP contribution < -0.4 is 0 Å². The third-order valence-electron chi connectivity index (χ3n) is 6.84. The normalized spacial score (nSPS) is 22.2. The van der Waals surface area contributed by atoms with E-state index in [1.54, 1.807) is 0 Å². The number of fused-ring (bicyclic) bond motifs is 3. The lowest BCUT2D eigenvalue weighted by molar-refractivity contribution is 0.00578. The van der Waals surface area contributed by atoms with Crippen molar-refractivity contribution in [2.75, 3.05) is 0 Å². The van der Waals surface area contributed by atoms with Crippen molar-refractivity contribution in [1.29, 1.82) is 0 Å². The molecule has 2 heterocycles. The van der Waals surface area contributed by atoms with Gasteiger partial charge in [-0.1, -0.05) is 35.9 Å². The highest BCUT2D eigenvalue weighted by Crippen LogP contribution is 2.44. The average molecular weight is 385 g/mol. The summed E-state index contributed by atoms with van der Waals surface area (Å²) in [4.78, 5) is 0. The van der Waals surface area contributed by atoms with Crippen LogP contribution in [-0.2, 0) is 15.7 Å². The van der Waals surface area contributed by atoms with Crippen LogP contribution in [0.1, 0.15) is 44.5 Å². The molecule has 1 fully saturated rings. The van der Waals surface area contributed by atoms with E-state index in [0.29, 0.717) is 0 Å². The number of hydrogen-bond acceptors (Lipinski definition) is 2. The molecule has 0 spiro atoms. The summed E-state index contributed by atoms with van der Waals surface area (Å²) < 4.78 is 15.1. The van der Waals surface area contributed by atoms with Crippen molar-refractivity contribution in [2.45, 2.75) is 58.1 Å². The van der Waals surface area contributed by atoms with Crippen molar-refractivity contribution in [1.82, 2.24) is 4.57 Å². The van der Waals surface area contributed by atoms with Crippen molar-refractivity contribution in [3.63, 3.8) is 0 Å². The van der Waals surface area contributed by atoms with Gasteiger partial charge >= 0.3 is 7.12 Å². The second-order valence-corrected chi connectivity index (χ2v) is 9.41. The first-order valence-corrected chi connectivity index (χ1v) is 10.5. The molecule has 4 heteroatoms. The van der Waals surface area contributed by atoms with E-state index in [-0.39, 0.29) is 24.1 Å². The molecule has 1 aromatic heterocycles. The number of hydrogen-bond donors (Lipinski definition) is 0. The van der Waals surface area contributed by atoms with E-state index in [9.17, 15) is 0 Å². The Labute approximate surface area is 173 Å². The number of aryl methyl sites for hydroxylation is 1. The molecule has 1 atom stereocenters. The monoisotopic (exact) mass is 385 g/mol. The number of rotatable bonds is 2. The molecule has 2 aliphatic rings. The maximum absolute atomic E-state index is 6.37. The molecule has 0 N–H and O–H groups in total. The Morgan fingerprint density at radius 1 is 0.966 bits per heavy atom. The molecule has 1 unspecified atom stereocenters. The van der Waals surface area contributed by atoms with E-state index in [1.807, 2.05) is 0 Å². The van der Waals surface area contributed by atoms with Crippen LogP contribution in [0.25, 0.3) is 22.7 Å². The van der Waals surface area contributed by atoms with Crippen LogP contribution in [0, 0.1) is 6.92 Å². The van der Waals surface area contributed by atoms with Crippen LogP contribution in [0.15, 0.2) is 54.6 Å². The van der Waals surface area contributed by atoms with E-state index in [1.165, 1.54) is 33.4 Å². The molecule has 0 amide bonds. The lowest BCUT2D eigenvalue weighted by Gasteiger charge is -2.32. The molecule has 29 heavy (non-hydrogen) atoms. The van der Waals surface area contributed by atoms with Crippen LogP contribution in [0.4, 0.5) is 0 Å². The summed E-state index contributed by atoms with van der Waals surface area (Å²) in [6.45, 7) is 10.6. The summed E-state index contributed by atoms with van der Waals surface area (Å²) in [5, 5.41) is 1.33. The molecule has 1 aliphatic heterocycles. The van der Waals surface area contributed by atoms with Crippen molar-refractivity contribution in [3.05, 3.63) is 71.4 Å². The summed E-state index contributed by atoms with van der Waals surface area (Å²) in [5.41, 5.74) is 5.78. The molecular weight excluding hydrogens is 357 g/mol. The number of aromatic nitrogens is 1. The van der Waals surface area contributed by atoms with E-state index >= 15 is 0 Å². The second kappa shape index (κ2) is 6.35. The molecule has 148 valence electrons. The van der Waals surface area contributed by atoms with Gasteiger partial charge in [0.1, 0.15) is 0 Å². The predicted molar refractivity (Wildman–Crippen MR) is 121 cm³/mol. The summed E-state index contributed by atoms with van der Waals surface area (Å²) in [5.74, 6) is 0.207. The van der Waals surface area contributed by atoms with E-state index in [4.69, 9.17) is 9.31 Å². The van der Waals surface area contributed by atoms with Gasteiger partial charge in [0, 0.05) is 22.6 Å². The molecular formula is C25H28BNO2. The van der Waals surface area contributed by atoms with E-state index in [2.05, 4.69) is 99.9 Å². The molecule has 0 radical (unpaired) electrons. The van der Waals surface area contributed by atoms with Gasteiger partial charge in [-0.05, 0) is 76.9 Å². The molecule has 3 nitrogen and oxygen atoms in total. The van der Waals surface area contributed by atoms with Gasteiger partial charge in [0.25, 0.3) is 0 Å². The minimum absolute atomic E-state index is 0.207. The highest BCUT2D eigenvalue weighted by Gasteiger charge is 2.53. The van der Waals surface area contributed by atoms with Crippen molar-refractivity contribution in [2.24, 2.45) is 0 Å². The first-order chi connectivity index (χ1) is 13.8. The van der Waals surface area contributed by atoms with Crippen LogP contribution in [0.3, 0.4) is 0 Å². The quantitative estimate of drug-likeness (QED) is 0.508. The Kier molecular flexibility index (Phi) is 4.10. The third kappa shape index (κ3) is 2.89. The third-order valence-corrected chi connectivity index (χ3v) is 6.84. The van der Waals surface area contributed by atoms with Crippen LogP contribution in [-0.4, -0.2) is 22.9 Å². The predicted octanol–water partition coefficient (Wildman–Crippen LogP) is 5.97. The Morgan fingerprint density at radius 2 is 1.66 bits per heavy atom. The van der Waals surface area contributed by atoms with Gasteiger partial charge in [-0.25, -0.2) is 0 Å². The maximum atomic E-state index is 6.37. The van der Waals surface area contributed by atoms with Gasteiger partial charge in [-0.2, -0.15) is 0 Å². The summed E-state index contributed by atoms with van der Waals surface area (Å²) in [7, 11) is -0.218. The number of allylic oxidation sites excluding steroid dienone is 1. The Hall–Kier alpha value is -2.30. The van der Waals surface area contributed by atoms with Gasteiger partial charge in [0.05, 0.1) is 16.7 Å². The minimum Gasteiger partial charge on any atom is -0.403 e. The van der Waals surface area contributed by atoms with E-state index < -0.39 is 0 Å². The fourth-order valence-electron chi connectivity index (χ4n) is 4.50. The molecule has 1 saturated heterocycles. The number of benzene rings is 2. The van der Waals surface area contributed by atoms with Gasteiger partial charge in [0.15, 0.2) is 0 Å². The van der Waals surface area contributed by atoms with Crippen LogP contribution >= 0.6 is 0 Å². The summed E-state index contributed by atoms with van der Waals surface area (Å²) in [6.07, 6.45) is 5.45. The van der Waals surface area contributed by atoms with Crippen molar-refractivity contribution in [3.8, 4) is 5.69 Å². The Bertz CT molecular complexity index is 1090. The zero-order chi connectivity index (χ0) is 20.4. The molecule has 3 aromatic rings. The smallest absolute Gasteiger partial charge is 0.403 e. The SMILES string of the molecule is Cc1ccc2c(c1)c1c(n2-c2ccccc2)C=CC(B2OC(C)(C)C(C)(C)O2)C1. The Balaban J connectivity index is 1.61. The highest BCUT2D eigenvalue weighted by molar-refractivity contribution is 6.48. The van der Waals surface area contributed by atoms with Crippen LogP contribution in [0.2, 0.25) is 5.82 Å². The van der Waals surface area contributed by atoms with Gasteiger partial charge in [-0.15, -0.1) is 0 Å². The fraction of sp³-hybridized carbons (Fsp3) is 0.360. The molecule has 5 rings (SSSR count). The zero-order valence-corrected chi connectivity index (χ0v) is 17.9. The summed E-state index contributed by atoms with van der Waals surface area (Å²) >= 11 is 0. The summed E-state index contributed by atoms with van der Waals surface area (Å²) in [6, 6.07) is 17.4. The van der Waals surface area contributed by atoms with Crippen LogP contribution in [0.5, 0.6) is 0 Å². The van der Waals surface area contributed by atoms with Crippen molar-refractivity contribution < 1.29 is 9.31 Å². The second-order valence-electron chi connectivity index (χ2n) is 9.41. The molecule has 2 aromatic carbocycles. The van der Waals surface area contributed by atoms with Gasteiger partial charge < -0.3 is 13.9 Å². The standard InChI is InChI=1S/C25H28BNO2/c1-17-11-13-22-20(15-17)21-16-18(26-28-24(2,3)25(4,5)29-26)12-14-23(21)27(22)19-9-7-6-8-10-19/h6-15,18H,16H2,1-5H3. The van der Waals surface area contributed by atoms with Gasteiger partial charge in [0.2, 0.25) is 0 Å². The lowest BCUT2D eigenvalue weighted by atomic mass is 9.66.